The molecular weight excluding hydrogens is 362 g/mol. The van der Waals surface area contributed by atoms with Crippen molar-refractivity contribution in [1.29, 1.82) is 0 Å². The SMILES string of the molecule is C[C@@H]1CN(C(=O)CSc2nnc(-c3ccco3)n2-c2ccccc2)CCN1. The number of hydrogen-bond acceptors (Lipinski definition) is 6. The number of nitrogens with zero attached hydrogens (tertiary/aromatic N) is 4. The van der Waals surface area contributed by atoms with Gasteiger partial charge < -0.3 is 14.6 Å². The van der Waals surface area contributed by atoms with Crippen molar-refractivity contribution >= 4 is 17.7 Å². The summed E-state index contributed by atoms with van der Waals surface area (Å²) >= 11 is 1.40. The van der Waals surface area contributed by atoms with Crippen LogP contribution < -0.4 is 5.32 Å². The van der Waals surface area contributed by atoms with Gasteiger partial charge in [0.25, 0.3) is 0 Å². The van der Waals surface area contributed by atoms with E-state index in [1.54, 1.807) is 6.26 Å². The van der Waals surface area contributed by atoms with E-state index in [-0.39, 0.29) is 5.91 Å². The van der Waals surface area contributed by atoms with Gasteiger partial charge in [0.05, 0.1) is 12.0 Å². The fraction of sp³-hybridized carbons (Fsp3) is 0.316. The van der Waals surface area contributed by atoms with Crippen LogP contribution in [-0.2, 0) is 4.79 Å². The largest absolute Gasteiger partial charge is 0.461 e. The number of amides is 1. The number of para-hydroxylation sites is 1. The van der Waals surface area contributed by atoms with E-state index >= 15 is 0 Å². The first-order valence-corrected chi connectivity index (χ1v) is 9.89. The molecule has 0 radical (unpaired) electrons. The van der Waals surface area contributed by atoms with Gasteiger partial charge in [-0.1, -0.05) is 30.0 Å². The molecule has 2 aromatic heterocycles. The lowest BCUT2D eigenvalue weighted by molar-refractivity contribution is -0.129. The van der Waals surface area contributed by atoms with Gasteiger partial charge in [-0.25, -0.2) is 0 Å². The number of nitrogens with one attached hydrogen (secondary N) is 1. The Labute approximate surface area is 161 Å². The van der Waals surface area contributed by atoms with E-state index in [0.717, 1.165) is 25.3 Å². The molecule has 4 rings (SSSR count). The van der Waals surface area contributed by atoms with E-state index < -0.39 is 0 Å². The molecule has 1 aliphatic rings. The minimum Gasteiger partial charge on any atom is -0.461 e. The maximum absolute atomic E-state index is 12.6. The van der Waals surface area contributed by atoms with Gasteiger partial charge in [0.1, 0.15) is 0 Å². The summed E-state index contributed by atoms with van der Waals surface area (Å²) in [5.74, 6) is 1.71. The summed E-state index contributed by atoms with van der Waals surface area (Å²) < 4.78 is 7.44. The number of hydrogen-bond donors (Lipinski definition) is 1. The average molecular weight is 383 g/mol. The smallest absolute Gasteiger partial charge is 0.233 e. The van der Waals surface area contributed by atoms with Gasteiger partial charge in [0.15, 0.2) is 10.9 Å². The van der Waals surface area contributed by atoms with Gasteiger partial charge in [-0.3, -0.25) is 9.36 Å². The fourth-order valence-corrected chi connectivity index (χ4v) is 3.97. The lowest BCUT2D eigenvalue weighted by Gasteiger charge is -2.31. The maximum Gasteiger partial charge on any atom is 0.233 e. The van der Waals surface area contributed by atoms with Crippen molar-refractivity contribution in [3.05, 3.63) is 48.7 Å². The molecule has 0 saturated carbocycles. The van der Waals surface area contributed by atoms with Crippen LogP contribution in [0.1, 0.15) is 6.92 Å². The van der Waals surface area contributed by atoms with Crippen LogP contribution in [-0.4, -0.2) is 57.0 Å². The third-order valence-electron chi connectivity index (χ3n) is 4.44. The molecule has 1 amide bonds. The summed E-state index contributed by atoms with van der Waals surface area (Å²) in [4.78, 5) is 14.5. The number of carbonyl (C=O) groups is 1. The van der Waals surface area contributed by atoms with Crippen LogP contribution in [0.3, 0.4) is 0 Å². The predicted molar refractivity (Wildman–Crippen MR) is 104 cm³/mol. The summed E-state index contributed by atoms with van der Waals surface area (Å²) in [7, 11) is 0. The monoisotopic (exact) mass is 383 g/mol. The summed E-state index contributed by atoms with van der Waals surface area (Å²) in [6, 6.07) is 13.9. The van der Waals surface area contributed by atoms with Crippen molar-refractivity contribution in [2.75, 3.05) is 25.4 Å². The fourth-order valence-electron chi connectivity index (χ4n) is 3.12. The maximum atomic E-state index is 12.6. The quantitative estimate of drug-likeness (QED) is 0.682. The van der Waals surface area contributed by atoms with Crippen LogP contribution in [0.4, 0.5) is 0 Å². The van der Waals surface area contributed by atoms with Gasteiger partial charge in [0, 0.05) is 31.4 Å². The average Bonchev–Trinajstić information content (AvgIpc) is 3.36. The van der Waals surface area contributed by atoms with Crippen molar-refractivity contribution in [3.8, 4) is 17.3 Å². The molecule has 1 saturated heterocycles. The van der Waals surface area contributed by atoms with Crippen LogP contribution in [0.5, 0.6) is 0 Å². The molecule has 3 heterocycles. The molecular formula is C19H21N5O2S. The number of thioether (sulfide) groups is 1. The second kappa shape index (κ2) is 7.98. The molecule has 0 spiro atoms. The molecule has 140 valence electrons. The van der Waals surface area contributed by atoms with E-state index in [4.69, 9.17) is 4.42 Å². The standard InChI is InChI=1S/C19H21N5O2S/c1-14-12-23(10-9-20-14)17(25)13-27-19-22-21-18(16-8-5-11-26-16)24(19)15-6-3-2-4-7-15/h2-8,11,14,20H,9-10,12-13H2,1H3/t14-/m1/s1. The van der Waals surface area contributed by atoms with Gasteiger partial charge in [-0.05, 0) is 31.2 Å². The van der Waals surface area contributed by atoms with Crippen molar-refractivity contribution < 1.29 is 9.21 Å². The molecule has 7 nitrogen and oxygen atoms in total. The number of furan rings is 1. The van der Waals surface area contributed by atoms with Crippen molar-refractivity contribution in [1.82, 2.24) is 25.0 Å². The van der Waals surface area contributed by atoms with E-state index in [2.05, 4.69) is 22.4 Å². The summed E-state index contributed by atoms with van der Waals surface area (Å²) in [6.45, 7) is 4.41. The Balaban J connectivity index is 1.57. The molecule has 1 atom stereocenters. The van der Waals surface area contributed by atoms with E-state index in [9.17, 15) is 4.79 Å². The first-order valence-electron chi connectivity index (χ1n) is 8.91. The van der Waals surface area contributed by atoms with E-state index in [1.807, 2.05) is 51.9 Å². The number of aromatic nitrogens is 3. The van der Waals surface area contributed by atoms with Crippen molar-refractivity contribution in [2.24, 2.45) is 0 Å². The molecule has 27 heavy (non-hydrogen) atoms. The summed E-state index contributed by atoms with van der Waals surface area (Å²) in [5, 5.41) is 12.6. The highest BCUT2D eigenvalue weighted by atomic mass is 32.2. The zero-order chi connectivity index (χ0) is 18.6. The third kappa shape index (κ3) is 3.91. The molecule has 1 aliphatic heterocycles. The van der Waals surface area contributed by atoms with Gasteiger partial charge in [0.2, 0.25) is 11.7 Å². The highest BCUT2D eigenvalue weighted by molar-refractivity contribution is 7.99. The van der Waals surface area contributed by atoms with Crippen LogP contribution in [0, 0.1) is 0 Å². The summed E-state index contributed by atoms with van der Waals surface area (Å²) in [5.41, 5.74) is 0.930. The number of carbonyl (C=O) groups excluding carboxylic acids is 1. The van der Waals surface area contributed by atoms with Crippen molar-refractivity contribution in [2.45, 2.75) is 18.1 Å². The van der Waals surface area contributed by atoms with E-state index in [0.29, 0.717) is 28.5 Å². The van der Waals surface area contributed by atoms with Crippen LogP contribution in [0.2, 0.25) is 0 Å². The Morgan fingerprint density at radius 2 is 2.11 bits per heavy atom. The first kappa shape index (κ1) is 17.8. The molecule has 0 unspecified atom stereocenters. The Morgan fingerprint density at radius 3 is 2.85 bits per heavy atom. The summed E-state index contributed by atoms with van der Waals surface area (Å²) in [6.07, 6.45) is 1.61. The molecule has 1 N–H and O–H groups in total. The highest BCUT2D eigenvalue weighted by Gasteiger charge is 2.23. The van der Waals surface area contributed by atoms with Gasteiger partial charge >= 0.3 is 0 Å². The highest BCUT2D eigenvalue weighted by Crippen LogP contribution is 2.28. The van der Waals surface area contributed by atoms with E-state index in [1.165, 1.54) is 11.8 Å². The zero-order valence-corrected chi connectivity index (χ0v) is 15.9. The normalized spacial score (nSPS) is 17.2. The zero-order valence-electron chi connectivity index (χ0n) is 15.0. The lowest BCUT2D eigenvalue weighted by atomic mass is 10.2. The van der Waals surface area contributed by atoms with Crippen LogP contribution in [0.15, 0.2) is 58.3 Å². The Hall–Kier alpha value is -2.58. The molecule has 0 bridgehead atoms. The molecule has 3 aromatic rings. The molecule has 1 fully saturated rings. The molecule has 1 aromatic carbocycles. The minimum absolute atomic E-state index is 0.121. The van der Waals surface area contributed by atoms with Crippen molar-refractivity contribution in [3.63, 3.8) is 0 Å². The number of piperazine rings is 1. The number of rotatable bonds is 5. The molecule has 8 heteroatoms. The predicted octanol–water partition coefficient (Wildman–Crippen LogP) is 2.44. The third-order valence-corrected chi connectivity index (χ3v) is 5.35. The Kier molecular flexibility index (Phi) is 5.26. The van der Waals surface area contributed by atoms with Crippen LogP contribution in [0.25, 0.3) is 17.3 Å². The minimum atomic E-state index is 0.121. The van der Waals surface area contributed by atoms with Crippen LogP contribution >= 0.6 is 11.8 Å². The first-order chi connectivity index (χ1) is 13.2. The lowest BCUT2D eigenvalue weighted by Crippen LogP contribution is -2.51. The second-order valence-electron chi connectivity index (χ2n) is 6.44. The topological polar surface area (TPSA) is 76.2 Å². The second-order valence-corrected chi connectivity index (χ2v) is 7.38. The van der Waals surface area contributed by atoms with Gasteiger partial charge in [-0.15, -0.1) is 10.2 Å². The Bertz CT molecular complexity index is 894. The number of benzene rings is 1. The molecule has 0 aliphatic carbocycles. The Morgan fingerprint density at radius 1 is 1.26 bits per heavy atom. The van der Waals surface area contributed by atoms with Gasteiger partial charge in [-0.2, -0.15) is 0 Å².